The third-order valence-electron chi connectivity index (χ3n) is 9.80. The molecule has 5 rings (SSSR count). The molecule has 0 saturated carbocycles. The van der Waals surface area contributed by atoms with E-state index in [9.17, 15) is 19.5 Å². The largest absolute Gasteiger partial charge is 0.494 e. The number of fused-ring (bicyclic) bond motifs is 1. The van der Waals surface area contributed by atoms with Gasteiger partial charge in [-0.05, 0) is 94.5 Å². The lowest BCUT2D eigenvalue weighted by molar-refractivity contribution is -0.138. The van der Waals surface area contributed by atoms with Gasteiger partial charge in [0.05, 0.1) is 23.2 Å². The van der Waals surface area contributed by atoms with Gasteiger partial charge in [-0.2, -0.15) is 0 Å². The van der Waals surface area contributed by atoms with Crippen LogP contribution in [-0.2, 0) is 14.4 Å². The summed E-state index contributed by atoms with van der Waals surface area (Å²) in [5, 5.41) is 15.4. The fourth-order valence-electron chi connectivity index (χ4n) is 7.69. The van der Waals surface area contributed by atoms with Crippen molar-refractivity contribution >= 4 is 46.5 Å². The molecular weight excluding hydrogens is 588 g/mol. The van der Waals surface area contributed by atoms with Crippen LogP contribution in [0.2, 0.25) is 0 Å². The van der Waals surface area contributed by atoms with Crippen LogP contribution in [0, 0.1) is 17.8 Å². The highest BCUT2D eigenvalue weighted by Crippen LogP contribution is 2.68. The van der Waals surface area contributed by atoms with E-state index in [1.165, 1.54) is 0 Å². The van der Waals surface area contributed by atoms with Crippen molar-refractivity contribution in [2.24, 2.45) is 17.8 Å². The molecule has 6 atom stereocenters. The van der Waals surface area contributed by atoms with Crippen LogP contribution in [-0.4, -0.2) is 76.6 Å². The Hall–Kier alpha value is -3.24. The van der Waals surface area contributed by atoms with Crippen molar-refractivity contribution in [3.05, 3.63) is 48.5 Å². The second kappa shape index (κ2) is 14.5. The number of carbonyl (C=O) groups is 3. The topological polar surface area (TPSA) is 111 Å². The van der Waals surface area contributed by atoms with Gasteiger partial charge in [0.1, 0.15) is 11.8 Å². The van der Waals surface area contributed by atoms with Gasteiger partial charge in [0.2, 0.25) is 17.7 Å². The molecule has 3 unspecified atom stereocenters. The zero-order valence-corrected chi connectivity index (χ0v) is 27.8. The summed E-state index contributed by atoms with van der Waals surface area (Å²) in [5.41, 5.74) is 2.45. The second-order valence-corrected chi connectivity index (χ2v) is 13.9. The van der Waals surface area contributed by atoms with Crippen LogP contribution in [0.1, 0.15) is 59.8 Å². The summed E-state index contributed by atoms with van der Waals surface area (Å²) >= 11 is 1.68. The van der Waals surface area contributed by atoms with Gasteiger partial charge in [-0.3, -0.25) is 14.4 Å². The summed E-state index contributed by atoms with van der Waals surface area (Å²) in [6.45, 7) is 11.2. The maximum Gasteiger partial charge on any atom is 0.248 e. The van der Waals surface area contributed by atoms with Crippen LogP contribution < -0.4 is 20.3 Å². The molecule has 0 aromatic heterocycles. The zero-order valence-electron chi connectivity index (χ0n) is 27.0. The molecule has 10 heteroatoms. The van der Waals surface area contributed by atoms with Crippen molar-refractivity contribution in [3.8, 4) is 5.75 Å². The number of unbranched alkanes of at least 4 members (excludes halogenated alkanes) is 3. The van der Waals surface area contributed by atoms with Gasteiger partial charge < -0.3 is 30.3 Å². The van der Waals surface area contributed by atoms with Crippen LogP contribution in [0.4, 0.5) is 17.1 Å². The van der Waals surface area contributed by atoms with Crippen molar-refractivity contribution in [1.29, 1.82) is 0 Å². The van der Waals surface area contributed by atoms with Crippen LogP contribution in [0.3, 0.4) is 0 Å². The number of aliphatic hydroxyl groups is 1. The van der Waals surface area contributed by atoms with E-state index in [0.717, 1.165) is 56.6 Å². The minimum atomic E-state index is -0.682. The molecule has 2 bridgehead atoms. The molecule has 244 valence electrons. The molecule has 0 radical (unpaired) electrons. The lowest BCUT2D eigenvalue weighted by Crippen LogP contribution is -2.54. The zero-order chi connectivity index (χ0) is 32.1. The van der Waals surface area contributed by atoms with Crippen LogP contribution in [0.5, 0.6) is 5.75 Å². The van der Waals surface area contributed by atoms with E-state index in [1.807, 2.05) is 55.5 Å². The van der Waals surface area contributed by atoms with Crippen molar-refractivity contribution in [2.45, 2.75) is 75.8 Å². The maximum atomic E-state index is 14.4. The second-order valence-electron chi connectivity index (χ2n) is 12.4. The summed E-state index contributed by atoms with van der Waals surface area (Å²) in [6.07, 6.45) is 3.96. The van der Waals surface area contributed by atoms with Crippen LogP contribution in [0.15, 0.2) is 48.5 Å². The highest BCUT2D eigenvalue weighted by atomic mass is 32.2. The molecular formula is C35H48N4O5S. The number of carbonyl (C=O) groups excluding carboxylic acids is 3. The van der Waals surface area contributed by atoms with E-state index in [2.05, 4.69) is 36.3 Å². The van der Waals surface area contributed by atoms with Crippen molar-refractivity contribution in [3.63, 3.8) is 0 Å². The Balaban J connectivity index is 1.40. The van der Waals surface area contributed by atoms with Crippen molar-refractivity contribution < 1.29 is 24.2 Å². The summed E-state index contributed by atoms with van der Waals surface area (Å²) < 4.78 is 4.86. The summed E-state index contributed by atoms with van der Waals surface area (Å²) in [6, 6.07) is 14.5. The number of aliphatic hydroxyl groups excluding tert-OH is 1. The quantitative estimate of drug-likeness (QED) is 0.225. The molecule has 2 aromatic carbocycles. The average Bonchev–Trinajstić information content (AvgIpc) is 3.63. The summed E-state index contributed by atoms with van der Waals surface area (Å²) in [7, 11) is 0. The molecule has 3 amide bonds. The highest BCUT2D eigenvalue weighted by Gasteiger charge is 2.75. The number of hydrogen-bond acceptors (Lipinski definition) is 7. The van der Waals surface area contributed by atoms with Gasteiger partial charge in [-0.15, -0.1) is 11.8 Å². The maximum absolute atomic E-state index is 14.4. The number of hydrogen-bond donors (Lipinski definition) is 3. The number of nitrogens with zero attached hydrogens (tertiary/aromatic N) is 2. The predicted molar refractivity (Wildman–Crippen MR) is 181 cm³/mol. The number of likely N-dealkylation sites (tertiary alicyclic amines) is 1. The van der Waals surface area contributed by atoms with Gasteiger partial charge >= 0.3 is 0 Å². The molecule has 3 N–H and O–H groups in total. The first-order valence-corrected chi connectivity index (χ1v) is 17.5. The monoisotopic (exact) mass is 636 g/mol. The van der Waals surface area contributed by atoms with E-state index >= 15 is 0 Å². The number of rotatable bonds is 15. The fourth-order valence-corrected chi connectivity index (χ4v) is 10.1. The highest BCUT2D eigenvalue weighted by molar-refractivity contribution is 8.02. The molecule has 3 fully saturated rings. The molecule has 1 spiro atoms. The van der Waals surface area contributed by atoms with Gasteiger partial charge in [0.15, 0.2) is 0 Å². The van der Waals surface area contributed by atoms with E-state index in [0.29, 0.717) is 24.5 Å². The lowest BCUT2D eigenvalue weighted by atomic mass is 9.66. The Kier molecular flexibility index (Phi) is 10.6. The number of anilines is 3. The molecule has 3 aliphatic rings. The first-order valence-electron chi connectivity index (χ1n) is 16.6. The first-order chi connectivity index (χ1) is 21.8. The molecule has 2 aromatic rings. The third kappa shape index (κ3) is 6.41. The fraction of sp³-hybridized carbons (Fsp3) is 0.571. The van der Waals surface area contributed by atoms with Gasteiger partial charge in [-0.1, -0.05) is 19.8 Å². The van der Waals surface area contributed by atoms with E-state index < -0.39 is 22.6 Å². The van der Waals surface area contributed by atoms with Crippen LogP contribution in [0.25, 0.3) is 0 Å². The SMILES string of the molecule is CCOc1ccc(NC(=O)[C@@H]2[C@H]3C(=O)N(CCCCCCO)C(C(=O)Nc4ccc(N(CC)CC)cc4)C34S[C@@H]2CC4C)cc1. The van der Waals surface area contributed by atoms with Gasteiger partial charge in [0, 0.05) is 48.6 Å². The number of thioether (sulfide) groups is 1. The van der Waals surface area contributed by atoms with Crippen molar-refractivity contribution in [2.75, 3.05) is 48.4 Å². The summed E-state index contributed by atoms with van der Waals surface area (Å²) in [4.78, 5) is 46.6. The minimum absolute atomic E-state index is 0.0352. The molecule has 3 saturated heterocycles. The predicted octanol–water partition coefficient (Wildman–Crippen LogP) is 5.40. The van der Waals surface area contributed by atoms with E-state index in [-0.39, 0.29) is 35.5 Å². The first kappa shape index (κ1) is 33.1. The molecule has 3 aliphatic heterocycles. The smallest absolute Gasteiger partial charge is 0.248 e. The number of nitrogens with one attached hydrogen (secondary N) is 2. The molecule has 9 nitrogen and oxygen atoms in total. The Bertz CT molecular complexity index is 1330. The average molecular weight is 637 g/mol. The standard InChI is InChI=1S/C35H48N4O5S/c1-5-38(6-2)26-16-12-24(13-17-26)37-33(42)31-35-23(4)22-28(45-35)29(30(35)34(43)39(31)20-10-8-9-11-21-40)32(41)36-25-14-18-27(19-15-25)44-7-3/h12-19,23,28-31,40H,5-11,20-22H2,1-4H3,(H,36,41)(H,37,42)/t23?,28-,29+,30+,31?,35?/m1/s1. The number of benzene rings is 2. The third-order valence-corrected chi connectivity index (χ3v) is 11.9. The van der Waals surface area contributed by atoms with E-state index in [4.69, 9.17) is 4.74 Å². The minimum Gasteiger partial charge on any atom is -0.494 e. The van der Waals surface area contributed by atoms with Gasteiger partial charge in [0.25, 0.3) is 0 Å². The molecule has 0 aliphatic carbocycles. The molecule has 45 heavy (non-hydrogen) atoms. The number of ether oxygens (including phenoxy) is 1. The van der Waals surface area contributed by atoms with Crippen molar-refractivity contribution in [1.82, 2.24) is 4.90 Å². The van der Waals surface area contributed by atoms with E-state index in [1.54, 1.807) is 16.7 Å². The Morgan fingerprint density at radius 1 is 0.956 bits per heavy atom. The lowest BCUT2D eigenvalue weighted by Gasteiger charge is -2.38. The Morgan fingerprint density at radius 2 is 1.58 bits per heavy atom. The molecule has 3 heterocycles. The summed E-state index contributed by atoms with van der Waals surface area (Å²) in [5.74, 6) is -0.718. The van der Waals surface area contributed by atoms with Crippen LogP contribution >= 0.6 is 11.8 Å². The Morgan fingerprint density at radius 3 is 2.20 bits per heavy atom. The normalized spacial score (nSPS) is 26.6. The van der Waals surface area contributed by atoms with Gasteiger partial charge in [-0.25, -0.2) is 0 Å². The number of amides is 3. The Labute approximate surface area is 271 Å².